The van der Waals surface area contributed by atoms with Crippen LogP contribution in [0, 0.1) is 0 Å². The van der Waals surface area contributed by atoms with Crippen LogP contribution in [-0.2, 0) is 16.0 Å². The largest absolute Gasteiger partial charge is 0.383 e. The van der Waals surface area contributed by atoms with E-state index in [1.807, 2.05) is 18.2 Å². The molecule has 0 aromatic heterocycles. The van der Waals surface area contributed by atoms with Gasteiger partial charge in [0.1, 0.15) is 0 Å². The van der Waals surface area contributed by atoms with Gasteiger partial charge in [-0.3, -0.25) is 0 Å². The number of fused-ring (bicyclic) bond motifs is 1. The number of benzene rings is 1. The molecule has 0 aliphatic carbocycles. The second kappa shape index (κ2) is 6.11. The Labute approximate surface area is 117 Å². The summed E-state index contributed by atoms with van der Waals surface area (Å²) in [6.07, 6.45) is 1.23. The predicted octanol–water partition coefficient (Wildman–Crippen LogP) is 1.54. The zero-order chi connectivity index (χ0) is 13.8. The SMILES string of the molecule is O=C1NCc2ccc(NCCOC3CCOC3)cc2N1. The van der Waals surface area contributed by atoms with Gasteiger partial charge in [-0.2, -0.15) is 0 Å². The minimum Gasteiger partial charge on any atom is -0.383 e. The van der Waals surface area contributed by atoms with Gasteiger partial charge in [0.15, 0.2) is 0 Å². The van der Waals surface area contributed by atoms with Gasteiger partial charge in [-0.25, -0.2) is 4.79 Å². The van der Waals surface area contributed by atoms with Gasteiger partial charge in [0.05, 0.1) is 19.3 Å². The van der Waals surface area contributed by atoms with Crippen LogP contribution in [-0.4, -0.2) is 38.5 Å². The topological polar surface area (TPSA) is 71.6 Å². The average molecular weight is 277 g/mol. The molecule has 3 N–H and O–H groups in total. The van der Waals surface area contributed by atoms with Gasteiger partial charge in [-0.05, 0) is 24.1 Å². The smallest absolute Gasteiger partial charge is 0.319 e. The molecule has 1 aromatic rings. The van der Waals surface area contributed by atoms with Crippen molar-refractivity contribution >= 4 is 17.4 Å². The molecule has 0 radical (unpaired) electrons. The summed E-state index contributed by atoms with van der Waals surface area (Å²) in [5.74, 6) is 0. The fourth-order valence-corrected chi connectivity index (χ4v) is 2.36. The van der Waals surface area contributed by atoms with Crippen LogP contribution in [0.3, 0.4) is 0 Å². The Kier molecular flexibility index (Phi) is 4.03. The fourth-order valence-electron chi connectivity index (χ4n) is 2.36. The van der Waals surface area contributed by atoms with Crippen molar-refractivity contribution in [3.05, 3.63) is 23.8 Å². The number of urea groups is 1. The van der Waals surface area contributed by atoms with Gasteiger partial charge >= 0.3 is 6.03 Å². The molecule has 1 atom stereocenters. The number of hydrogen-bond acceptors (Lipinski definition) is 4. The minimum absolute atomic E-state index is 0.154. The Morgan fingerprint density at radius 2 is 2.40 bits per heavy atom. The number of ether oxygens (including phenoxy) is 2. The van der Waals surface area contributed by atoms with Crippen molar-refractivity contribution < 1.29 is 14.3 Å². The standard InChI is InChI=1S/C14H19N3O3/c18-14-16-8-10-1-2-11(7-13(10)17-14)15-4-6-20-12-3-5-19-9-12/h1-2,7,12,15H,3-6,8-9H2,(H2,16,17,18). The summed E-state index contributed by atoms with van der Waals surface area (Å²) in [6.45, 7) is 3.47. The molecule has 0 saturated carbocycles. The highest BCUT2D eigenvalue weighted by Crippen LogP contribution is 2.23. The molecule has 0 bridgehead atoms. The Balaban J connectivity index is 1.47. The number of nitrogens with one attached hydrogen (secondary N) is 3. The first kappa shape index (κ1) is 13.2. The van der Waals surface area contributed by atoms with E-state index in [1.165, 1.54) is 0 Å². The van der Waals surface area contributed by atoms with E-state index in [0.29, 0.717) is 19.8 Å². The quantitative estimate of drug-likeness (QED) is 0.714. The first-order valence-corrected chi connectivity index (χ1v) is 6.92. The molecule has 108 valence electrons. The summed E-state index contributed by atoms with van der Waals surface area (Å²) in [4.78, 5) is 11.3. The second-order valence-corrected chi connectivity index (χ2v) is 4.96. The van der Waals surface area contributed by atoms with Crippen molar-refractivity contribution in [3.63, 3.8) is 0 Å². The highest BCUT2D eigenvalue weighted by Gasteiger charge is 2.16. The lowest BCUT2D eigenvalue weighted by Gasteiger charge is -2.19. The van der Waals surface area contributed by atoms with Gasteiger partial charge in [0.2, 0.25) is 0 Å². The van der Waals surface area contributed by atoms with Crippen LogP contribution >= 0.6 is 0 Å². The zero-order valence-electron chi connectivity index (χ0n) is 11.3. The lowest BCUT2D eigenvalue weighted by Crippen LogP contribution is -2.33. The molecule has 2 amide bonds. The summed E-state index contributed by atoms with van der Waals surface area (Å²) >= 11 is 0. The van der Waals surface area contributed by atoms with Crippen LogP contribution in [0.5, 0.6) is 0 Å². The molecule has 6 heteroatoms. The van der Waals surface area contributed by atoms with Crippen molar-refractivity contribution in [2.24, 2.45) is 0 Å². The first-order valence-electron chi connectivity index (χ1n) is 6.92. The third-order valence-corrected chi connectivity index (χ3v) is 3.47. The van der Waals surface area contributed by atoms with E-state index in [0.717, 1.165) is 36.5 Å². The van der Waals surface area contributed by atoms with Gasteiger partial charge in [-0.1, -0.05) is 6.07 Å². The summed E-state index contributed by atoms with van der Waals surface area (Å²) < 4.78 is 10.9. The monoisotopic (exact) mass is 277 g/mol. The van der Waals surface area contributed by atoms with Gasteiger partial charge in [-0.15, -0.1) is 0 Å². The summed E-state index contributed by atoms with van der Waals surface area (Å²) in [5, 5.41) is 8.83. The molecular formula is C14H19N3O3. The second-order valence-electron chi connectivity index (χ2n) is 4.96. The highest BCUT2D eigenvalue weighted by atomic mass is 16.5. The molecule has 20 heavy (non-hydrogen) atoms. The summed E-state index contributed by atoms with van der Waals surface area (Å²) in [7, 11) is 0. The number of carbonyl (C=O) groups is 1. The van der Waals surface area contributed by atoms with Crippen molar-refractivity contribution in [2.45, 2.75) is 19.1 Å². The summed E-state index contributed by atoms with van der Waals surface area (Å²) in [6, 6.07) is 5.82. The maximum absolute atomic E-state index is 11.3. The van der Waals surface area contributed by atoms with Crippen molar-refractivity contribution in [2.75, 3.05) is 37.0 Å². The van der Waals surface area contributed by atoms with Crippen LogP contribution in [0.4, 0.5) is 16.2 Å². The van der Waals surface area contributed by atoms with E-state index in [4.69, 9.17) is 9.47 Å². The molecule has 2 aliphatic rings. The number of anilines is 2. The normalized spacial score (nSPS) is 21.0. The average Bonchev–Trinajstić information content (AvgIpc) is 2.96. The lowest BCUT2D eigenvalue weighted by atomic mass is 10.1. The number of hydrogen-bond donors (Lipinski definition) is 3. The Hall–Kier alpha value is -1.79. The minimum atomic E-state index is -0.154. The Bertz CT molecular complexity index is 487. The fraction of sp³-hybridized carbons (Fsp3) is 0.500. The van der Waals surface area contributed by atoms with Gasteiger partial charge in [0.25, 0.3) is 0 Å². The third-order valence-electron chi connectivity index (χ3n) is 3.47. The molecule has 1 unspecified atom stereocenters. The number of carbonyl (C=O) groups excluding carboxylic acids is 1. The highest BCUT2D eigenvalue weighted by molar-refractivity contribution is 5.92. The van der Waals surface area contributed by atoms with Gasteiger partial charge < -0.3 is 25.4 Å². The molecule has 1 saturated heterocycles. The zero-order valence-corrected chi connectivity index (χ0v) is 11.3. The Morgan fingerprint density at radius 1 is 1.45 bits per heavy atom. The van der Waals surface area contributed by atoms with E-state index in [1.54, 1.807) is 0 Å². The number of rotatable bonds is 5. The van der Waals surface area contributed by atoms with E-state index in [2.05, 4.69) is 16.0 Å². The predicted molar refractivity (Wildman–Crippen MR) is 76.0 cm³/mol. The van der Waals surface area contributed by atoms with Crippen molar-refractivity contribution in [1.82, 2.24) is 5.32 Å². The van der Waals surface area contributed by atoms with Crippen molar-refractivity contribution in [3.8, 4) is 0 Å². The van der Waals surface area contributed by atoms with Crippen molar-refractivity contribution in [1.29, 1.82) is 0 Å². The van der Waals surface area contributed by atoms with E-state index >= 15 is 0 Å². The van der Waals surface area contributed by atoms with E-state index in [-0.39, 0.29) is 12.1 Å². The number of amides is 2. The maximum atomic E-state index is 11.3. The maximum Gasteiger partial charge on any atom is 0.319 e. The first-order chi connectivity index (χ1) is 9.81. The molecule has 1 aromatic carbocycles. The molecule has 2 heterocycles. The van der Waals surface area contributed by atoms with Crippen LogP contribution < -0.4 is 16.0 Å². The Morgan fingerprint density at radius 3 is 3.25 bits per heavy atom. The molecule has 2 aliphatic heterocycles. The summed E-state index contributed by atoms with van der Waals surface area (Å²) in [5.41, 5.74) is 2.94. The van der Waals surface area contributed by atoms with Crippen LogP contribution in [0.2, 0.25) is 0 Å². The van der Waals surface area contributed by atoms with E-state index < -0.39 is 0 Å². The van der Waals surface area contributed by atoms with Gasteiger partial charge in [0, 0.05) is 31.1 Å². The van der Waals surface area contributed by atoms with Crippen LogP contribution in [0.1, 0.15) is 12.0 Å². The third kappa shape index (κ3) is 3.20. The molecule has 0 spiro atoms. The molecular weight excluding hydrogens is 258 g/mol. The van der Waals surface area contributed by atoms with E-state index in [9.17, 15) is 4.79 Å². The molecule has 1 fully saturated rings. The molecule has 6 nitrogen and oxygen atoms in total. The van der Waals surface area contributed by atoms with Crippen LogP contribution in [0.15, 0.2) is 18.2 Å². The molecule has 3 rings (SSSR count). The lowest BCUT2D eigenvalue weighted by molar-refractivity contribution is 0.0489. The van der Waals surface area contributed by atoms with Crippen LogP contribution in [0.25, 0.3) is 0 Å².